The van der Waals surface area contributed by atoms with Crippen LogP contribution >= 0.6 is 0 Å². The molecule has 1 aliphatic rings. The molecule has 0 unspecified atom stereocenters. The summed E-state index contributed by atoms with van der Waals surface area (Å²) >= 11 is 0. The second-order valence-electron chi connectivity index (χ2n) is 7.19. The van der Waals surface area contributed by atoms with Gasteiger partial charge in [-0.15, -0.1) is 0 Å². The number of carbonyl (C=O) groups excluding carboxylic acids is 2. The molecule has 4 rings (SSSR count). The van der Waals surface area contributed by atoms with Gasteiger partial charge in [-0.25, -0.2) is 8.78 Å². The summed E-state index contributed by atoms with van der Waals surface area (Å²) in [5, 5.41) is 4.85. The number of amides is 2. The Morgan fingerprint density at radius 1 is 1.07 bits per heavy atom. The van der Waals surface area contributed by atoms with Crippen molar-refractivity contribution in [3.63, 3.8) is 0 Å². The third-order valence-corrected chi connectivity index (χ3v) is 5.10. The van der Waals surface area contributed by atoms with Crippen LogP contribution in [0.5, 0.6) is 0 Å². The zero-order chi connectivity index (χ0) is 21.1. The molecule has 2 aromatic carbocycles. The lowest BCUT2D eigenvalue weighted by molar-refractivity contribution is -0.136. The molecule has 0 bridgehead atoms. The van der Waals surface area contributed by atoms with Gasteiger partial charge in [-0.2, -0.15) is 4.98 Å². The highest BCUT2D eigenvalue weighted by molar-refractivity contribution is 6.39. The fourth-order valence-electron chi connectivity index (χ4n) is 3.40. The number of anilines is 2. The van der Waals surface area contributed by atoms with E-state index in [1.165, 1.54) is 6.07 Å². The van der Waals surface area contributed by atoms with Crippen LogP contribution in [-0.2, 0) is 9.59 Å². The monoisotopic (exact) mass is 414 g/mol. The van der Waals surface area contributed by atoms with Crippen molar-refractivity contribution in [2.45, 2.75) is 12.8 Å². The number of benzene rings is 2. The van der Waals surface area contributed by atoms with Crippen LogP contribution in [0.15, 0.2) is 46.9 Å². The van der Waals surface area contributed by atoms with Crippen LogP contribution in [0, 0.1) is 17.6 Å². The first-order chi connectivity index (χ1) is 14.5. The standard InChI is InChI=1S/C21H20F2N4O3/c22-15-6-5-14(11-16(15)23)25-20(29)19(28)24-12-13-7-9-27(10-8-13)21-26-17-3-1-2-4-18(17)30-21/h1-6,11,13H,7-10,12H2,(H,24,28)(H,25,29). The van der Waals surface area contributed by atoms with E-state index in [4.69, 9.17) is 4.42 Å². The summed E-state index contributed by atoms with van der Waals surface area (Å²) in [5.74, 6) is -3.66. The van der Waals surface area contributed by atoms with Gasteiger partial charge in [0.1, 0.15) is 5.52 Å². The molecule has 1 aromatic heterocycles. The Morgan fingerprint density at radius 3 is 2.57 bits per heavy atom. The maximum atomic E-state index is 13.2. The molecule has 0 atom stereocenters. The molecule has 2 amide bonds. The van der Waals surface area contributed by atoms with Gasteiger partial charge < -0.3 is 20.0 Å². The molecule has 0 spiro atoms. The van der Waals surface area contributed by atoms with Crippen molar-refractivity contribution in [3.8, 4) is 0 Å². The first-order valence-corrected chi connectivity index (χ1v) is 9.64. The van der Waals surface area contributed by atoms with E-state index in [1.807, 2.05) is 24.3 Å². The molecular weight excluding hydrogens is 394 g/mol. The maximum absolute atomic E-state index is 13.2. The minimum Gasteiger partial charge on any atom is -0.423 e. The second-order valence-corrected chi connectivity index (χ2v) is 7.19. The third-order valence-electron chi connectivity index (χ3n) is 5.10. The van der Waals surface area contributed by atoms with Gasteiger partial charge in [0.25, 0.3) is 6.01 Å². The average Bonchev–Trinajstić information content (AvgIpc) is 3.19. The van der Waals surface area contributed by atoms with Crippen LogP contribution in [-0.4, -0.2) is 36.4 Å². The predicted octanol–water partition coefficient (Wildman–Crippen LogP) is 3.08. The number of oxazole rings is 1. The van der Waals surface area contributed by atoms with Crippen molar-refractivity contribution in [2.24, 2.45) is 5.92 Å². The molecule has 156 valence electrons. The zero-order valence-electron chi connectivity index (χ0n) is 16.0. The average molecular weight is 414 g/mol. The van der Waals surface area contributed by atoms with Crippen LogP contribution in [0.25, 0.3) is 11.1 Å². The highest BCUT2D eigenvalue weighted by Gasteiger charge is 2.24. The lowest BCUT2D eigenvalue weighted by Crippen LogP contribution is -2.42. The lowest BCUT2D eigenvalue weighted by atomic mass is 9.97. The van der Waals surface area contributed by atoms with E-state index in [0.717, 1.165) is 49.2 Å². The van der Waals surface area contributed by atoms with Gasteiger partial charge in [0.05, 0.1) is 0 Å². The van der Waals surface area contributed by atoms with E-state index in [2.05, 4.69) is 20.5 Å². The Bertz CT molecular complexity index is 1040. The van der Waals surface area contributed by atoms with Crippen molar-refractivity contribution < 1.29 is 22.8 Å². The van der Waals surface area contributed by atoms with Gasteiger partial charge in [-0.1, -0.05) is 12.1 Å². The van der Waals surface area contributed by atoms with Gasteiger partial charge in [0.2, 0.25) is 0 Å². The van der Waals surface area contributed by atoms with Crippen molar-refractivity contribution >= 4 is 34.6 Å². The minimum absolute atomic E-state index is 0.0145. The fourth-order valence-corrected chi connectivity index (χ4v) is 3.40. The molecule has 1 aliphatic heterocycles. The Kier molecular flexibility index (Phi) is 5.60. The normalized spacial score (nSPS) is 14.7. The summed E-state index contributed by atoms with van der Waals surface area (Å²) in [7, 11) is 0. The number of fused-ring (bicyclic) bond motifs is 1. The van der Waals surface area contributed by atoms with E-state index in [9.17, 15) is 18.4 Å². The highest BCUT2D eigenvalue weighted by atomic mass is 19.2. The van der Waals surface area contributed by atoms with Crippen LogP contribution in [0.3, 0.4) is 0 Å². The smallest absolute Gasteiger partial charge is 0.313 e. The molecule has 1 fully saturated rings. The van der Waals surface area contributed by atoms with Gasteiger partial charge >= 0.3 is 11.8 Å². The Balaban J connectivity index is 1.24. The summed E-state index contributed by atoms with van der Waals surface area (Å²) in [6.45, 7) is 1.81. The van der Waals surface area contributed by atoms with Crippen molar-refractivity contribution in [1.82, 2.24) is 10.3 Å². The summed E-state index contributed by atoms with van der Waals surface area (Å²) in [6.07, 6.45) is 1.62. The van der Waals surface area contributed by atoms with Gasteiger partial charge in [-0.3, -0.25) is 9.59 Å². The number of nitrogens with zero attached hydrogens (tertiary/aromatic N) is 2. The molecule has 1 saturated heterocycles. The number of hydrogen-bond acceptors (Lipinski definition) is 5. The summed E-state index contributed by atoms with van der Waals surface area (Å²) in [5.41, 5.74) is 1.57. The van der Waals surface area contributed by atoms with E-state index in [-0.39, 0.29) is 11.6 Å². The Morgan fingerprint density at radius 2 is 1.83 bits per heavy atom. The van der Waals surface area contributed by atoms with Crippen molar-refractivity contribution in [3.05, 3.63) is 54.1 Å². The SMILES string of the molecule is O=C(NCC1CCN(c2nc3ccccc3o2)CC1)C(=O)Nc1ccc(F)c(F)c1. The Hall–Kier alpha value is -3.49. The number of hydrogen-bond donors (Lipinski definition) is 2. The van der Waals surface area contributed by atoms with Crippen LogP contribution in [0.1, 0.15) is 12.8 Å². The van der Waals surface area contributed by atoms with Crippen molar-refractivity contribution in [1.29, 1.82) is 0 Å². The molecule has 2 N–H and O–H groups in total. The lowest BCUT2D eigenvalue weighted by Gasteiger charge is -2.30. The third kappa shape index (κ3) is 4.40. The Labute approximate surface area is 171 Å². The quantitative estimate of drug-likeness (QED) is 0.641. The largest absolute Gasteiger partial charge is 0.423 e. The number of nitrogens with one attached hydrogen (secondary N) is 2. The summed E-state index contributed by atoms with van der Waals surface area (Å²) in [6, 6.07) is 11.1. The molecule has 0 radical (unpaired) electrons. The van der Waals surface area contributed by atoms with Gasteiger partial charge in [-0.05, 0) is 43.0 Å². The summed E-state index contributed by atoms with van der Waals surface area (Å²) < 4.78 is 31.9. The van der Waals surface area contributed by atoms with E-state index >= 15 is 0 Å². The highest BCUT2D eigenvalue weighted by Crippen LogP contribution is 2.26. The van der Waals surface area contributed by atoms with Gasteiger partial charge in [0.15, 0.2) is 17.2 Å². The van der Waals surface area contributed by atoms with Gasteiger partial charge in [0, 0.05) is 31.4 Å². The van der Waals surface area contributed by atoms with Crippen LogP contribution in [0.4, 0.5) is 20.5 Å². The van der Waals surface area contributed by atoms with E-state index in [0.29, 0.717) is 12.6 Å². The minimum atomic E-state index is -1.10. The number of halogens is 2. The first kappa shape index (κ1) is 19.8. The maximum Gasteiger partial charge on any atom is 0.313 e. The molecule has 2 heterocycles. The number of carbonyl (C=O) groups is 2. The molecule has 30 heavy (non-hydrogen) atoms. The molecule has 0 aliphatic carbocycles. The predicted molar refractivity (Wildman–Crippen MR) is 107 cm³/mol. The summed E-state index contributed by atoms with van der Waals surface area (Å²) in [4.78, 5) is 30.5. The molecular formula is C21H20F2N4O3. The number of para-hydroxylation sites is 2. The molecule has 3 aromatic rings. The fraction of sp³-hybridized carbons (Fsp3) is 0.286. The van der Waals surface area contributed by atoms with Crippen LogP contribution in [0.2, 0.25) is 0 Å². The molecule has 7 nitrogen and oxygen atoms in total. The first-order valence-electron chi connectivity index (χ1n) is 9.64. The second kappa shape index (κ2) is 8.48. The topological polar surface area (TPSA) is 87.5 Å². The van der Waals surface area contributed by atoms with E-state index < -0.39 is 23.4 Å². The molecule has 0 saturated carbocycles. The molecule has 9 heteroatoms. The zero-order valence-corrected chi connectivity index (χ0v) is 16.0. The number of piperidine rings is 1. The number of rotatable bonds is 4. The van der Waals surface area contributed by atoms with E-state index in [1.54, 1.807) is 0 Å². The van der Waals surface area contributed by atoms with Crippen molar-refractivity contribution in [2.75, 3.05) is 29.9 Å². The van der Waals surface area contributed by atoms with Crippen LogP contribution < -0.4 is 15.5 Å². The number of aromatic nitrogens is 1.